The Hall–Kier alpha value is -1.87. The topological polar surface area (TPSA) is 41.6 Å². The zero-order valence-corrected chi connectivity index (χ0v) is 13.9. The summed E-state index contributed by atoms with van der Waals surface area (Å²) in [5, 5.41) is -2.56. The molecule has 0 aliphatic rings. The van der Waals surface area contributed by atoms with Gasteiger partial charge >= 0.3 is 11.7 Å². The van der Waals surface area contributed by atoms with Gasteiger partial charge in [0.15, 0.2) is 5.16 Å². The van der Waals surface area contributed by atoms with Gasteiger partial charge in [-0.05, 0) is 47.8 Å². The van der Waals surface area contributed by atoms with Crippen molar-refractivity contribution in [3.05, 3.63) is 41.5 Å². The van der Waals surface area contributed by atoms with Crippen molar-refractivity contribution in [3.8, 4) is 21.8 Å². The van der Waals surface area contributed by atoms with E-state index in [1.54, 1.807) is 24.5 Å². The largest absolute Gasteiger partial charge is 0.360 e. The van der Waals surface area contributed by atoms with Gasteiger partial charge in [-0.15, -0.1) is 11.3 Å². The fraction of sp³-hybridized carbons (Fsp3) is 0.200. The molecule has 0 aromatic carbocycles. The molecule has 0 radical (unpaired) electrons. The van der Waals surface area contributed by atoms with Crippen molar-refractivity contribution >= 4 is 23.1 Å². The molecular formula is C15H11F4N3S2. The molecule has 3 heterocycles. The van der Waals surface area contributed by atoms with Crippen molar-refractivity contribution in [2.24, 2.45) is 0 Å². The van der Waals surface area contributed by atoms with Crippen LogP contribution >= 0.6 is 23.1 Å². The van der Waals surface area contributed by atoms with Gasteiger partial charge in [0, 0.05) is 18.0 Å². The smallest absolute Gasteiger partial charge is 0.332 e. The molecule has 9 heteroatoms. The summed E-state index contributed by atoms with van der Waals surface area (Å²) in [5.74, 6) is 0. The van der Waals surface area contributed by atoms with Crippen LogP contribution < -0.4 is 0 Å². The average molecular weight is 373 g/mol. The van der Waals surface area contributed by atoms with Crippen molar-refractivity contribution in [1.82, 2.24) is 15.0 Å². The highest BCUT2D eigenvalue weighted by molar-refractivity contribution is 8.00. The highest BCUT2D eigenvalue weighted by Gasteiger charge is 2.43. The molecule has 0 aliphatic carbocycles. The van der Waals surface area contributed by atoms with E-state index in [2.05, 4.69) is 15.0 Å². The first-order chi connectivity index (χ1) is 11.4. The number of alkyl halides is 4. The third-order valence-corrected chi connectivity index (χ3v) is 5.00. The number of aromatic amines is 1. The molecule has 0 spiro atoms. The maximum absolute atomic E-state index is 13.3. The summed E-state index contributed by atoms with van der Waals surface area (Å²) >= 11 is 1.14. The van der Waals surface area contributed by atoms with Gasteiger partial charge in [-0.25, -0.2) is 13.8 Å². The normalized spacial score (nSPS) is 12.1. The standard InChI is InChI=1S/C15H11F4N3S2/c1-8-6-10(23-7-8)12-11(9-2-4-20-5-3-9)21-14(22-12)24-15(18,19)13(16)17/h2-7,13H,1H3,(H,21,22). The molecule has 3 nitrogen and oxygen atoms in total. The van der Waals surface area contributed by atoms with Gasteiger partial charge < -0.3 is 4.98 Å². The molecule has 126 valence electrons. The van der Waals surface area contributed by atoms with Crippen molar-refractivity contribution in [2.45, 2.75) is 23.8 Å². The number of H-pyrrole nitrogens is 1. The lowest BCUT2D eigenvalue weighted by atomic mass is 10.1. The quantitative estimate of drug-likeness (QED) is 0.477. The zero-order valence-electron chi connectivity index (χ0n) is 12.3. The van der Waals surface area contributed by atoms with E-state index in [9.17, 15) is 17.6 Å². The van der Waals surface area contributed by atoms with E-state index in [0.717, 1.165) is 10.4 Å². The summed E-state index contributed by atoms with van der Waals surface area (Å²) in [7, 11) is 0. The Bertz CT molecular complexity index is 830. The summed E-state index contributed by atoms with van der Waals surface area (Å²) in [6.45, 7) is 1.91. The summed E-state index contributed by atoms with van der Waals surface area (Å²) < 4.78 is 51.5. The highest BCUT2D eigenvalue weighted by atomic mass is 32.2. The third kappa shape index (κ3) is 3.46. The van der Waals surface area contributed by atoms with Crippen LogP contribution in [0.4, 0.5) is 17.6 Å². The number of aromatic nitrogens is 3. The van der Waals surface area contributed by atoms with E-state index < -0.39 is 11.7 Å². The predicted octanol–water partition coefficient (Wildman–Crippen LogP) is 5.46. The van der Waals surface area contributed by atoms with Gasteiger partial charge in [-0.2, -0.15) is 8.78 Å². The minimum Gasteiger partial charge on any atom is -0.332 e. The van der Waals surface area contributed by atoms with Crippen LogP contribution in [0.25, 0.3) is 21.8 Å². The van der Waals surface area contributed by atoms with Crippen LogP contribution in [-0.4, -0.2) is 26.6 Å². The second-order valence-corrected chi connectivity index (χ2v) is 7.00. The summed E-state index contributed by atoms with van der Waals surface area (Å²) in [6.07, 6.45) is -0.674. The number of aryl methyl sites for hydroxylation is 1. The second-order valence-electron chi connectivity index (χ2n) is 4.95. The number of halogens is 4. The molecule has 0 aliphatic heterocycles. The Balaban J connectivity index is 2.06. The first-order valence-electron chi connectivity index (χ1n) is 6.77. The van der Waals surface area contributed by atoms with Crippen LogP contribution in [0.15, 0.2) is 41.1 Å². The number of nitrogens with zero attached hydrogens (tertiary/aromatic N) is 2. The van der Waals surface area contributed by atoms with Crippen LogP contribution in [0.3, 0.4) is 0 Å². The average Bonchev–Trinajstić information content (AvgIpc) is 3.14. The molecule has 3 aromatic heterocycles. The zero-order chi connectivity index (χ0) is 17.3. The number of pyridine rings is 1. The summed E-state index contributed by atoms with van der Waals surface area (Å²) in [5.41, 5.74) is 2.62. The molecule has 0 saturated heterocycles. The van der Waals surface area contributed by atoms with Gasteiger partial charge in [0.2, 0.25) is 0 Å². The van der Waals surface area contributed by atoms with Gasteiger partial charge in [-0.3, -0.25) is 4.98 Å². The summed E-state index contributed by atoms with van der Waals surface area (Å²) in [4.78, 5) is 11.6. The maximum atomic E-state index is 13.3. The van der Waals surface area contributed by atoms with Crippen molar-refractivity contribution in [1.29, 1.82) is 0 Å². The molecule has 0 saturated carbocycles. The Labute approximate surface area is 143 Å². The summed E-state index contributed by atoms with van der Waals surface area (Å²) in [6, 6.07) is 5.24. The first-order valence-corrected chi connectivity index (χ1v) is 8.47. The van der Waals surface area contributed by atoms with Gasteiger partial charge in [0.05, 0.1) is 16.3 Å². The molecule has 24 heavy (non-hydrogen) atoms. The van der Waals surface area contributed by atoms with Crippen LogP contribution in [0.2, 0.25) is 0 Å². The molecule has 0 fully saturated rings. The van der Waals surface area contributed by atoms with Gasteiger partial charge in [0.1, 0.15) is 0 Å². The van der Waals surface area contributed by atoms with Crippen LogP contribution in [0.5, 0.6) is 0 Å². The number of hydrogen-bond donors (Lipinski definition) is 1. The van der Waals surface area contributed by atoms with Crippen molar-refractivity contribution in [2.75, 3.05) is 0 Å². The van der Waals surface area contributed by atoms with Crippen molar-refractivity contribution in [3.63, 3.8) is 0 Å². The molecule has 1 N–H and O–H groups in total. The Morgan fingerprint density at radius 2 is 1.96 bits per heavy atom. The molecule has 0 amide bonds. The Kier molecular flexibility index (Phi) is 4.64. The fourth-order valence-electron chi connectivity index (χ4n) is 2.03. The van der Waals surface area contributed by atoms with E-state index >= 15 is 0 Å². The molecule has 3 rings (SSSR count). The lowest BCUT2D eigenvalue weighted by Crippen LogP contribution is -2.21. The van der Waals surface area contributed by atoms with E-state index in [1.165, 1.54) is 11.3 Å². The third-order valence-electron chi connectivity index (χ3n) is 3.10. The maximum Gasteiger partial charge on any atom is 0.360 e. The number of imidazole rings is 1. The van der Waals surface area contributed by atoms with Crippen LogP contribution in [0, 0.1) is 6.92 Å². The number of rotatable bonds is 5. The number of hydrogen-bond acceptors (Lipinski definition) is 4. The number of thiophene rings is 1. The van der Waals surface area contributed by atoms with Crippen molar-refractivity contribution < 1.29 is 17.6 Å². The second kappa shape index (κ2) is 6.56. The van der Waals surface area contributed by atoms with E-state index in [1.807, 2.05) is 18.4 Å². The van der Waals surface area contributed by atoms with Gasteiger partial charge in [0.25, 0.3) is 0 Å². The first kappa shape index (κ1) is 17.0. The van der Waals surface area contributed by atoms with Crippen LogP contribution in [0.1, 0.15) is 5.56 Å². The van der Waals surface area contributed by atoms with Crippen LogP contribution in [-0.2, 0) is 0 Å². The Morgan fingerprint density at radius 3 is 2.54 bits per heavy atom. The molecular weight excluding hydrogens is 362 g/mol. The lowest BCUT2D eigenvalue weighted by Gasteiger charge is -2.11. The lowest BCUT2D eigenvalue weighted by molar-refractivity contribution is -0.0565. The minimum absolute atomic E-state index is 0.256. The number of nitrogens with one attached hydrogen (secondary N) is 1. The van der Waals surface area contributed by atoms with Gasteiger partial charge in [-0.1, -0.05) is 0 Å². The van der Waals surface area contributed by atoms with E-state index in [0.29, 0.717) is 17.0 Å². The SMILES string of the molecule is Cc1csc(-c2[nH]c(SC(F)(F)C(F)F)nc2-c2ccncc2)c1. The van der Waals surface area contributed by atoms with E-state index in [4.69, 9.17) is 0 Å². The Morgan fingerprint density at radius 1 is 1.25 bits per heavy atom. The number of thioether (sulfide) groups is 1. The minimum atomic E-state index is -4.21. The molecule has 0 atom stereocenters. The van der Waals surface area contributed by atoms with E-state index in [-0.39, 0.29) is 16.9 Å². The molecule has 3 aromatic rings. The highest BCUT2D eigenvalue weighted by Crippen LogP contribution is 2.42. The molecule has 0 bridgehead atoms. The fourth-order valence-corrected chi connectivity index (χ4v) is 3.57. The monoisotopic (exact) mass is 373 g/mol. The predicted molar refractivity (Wildman–Crippen MR) is 86.7 cm³/mol. The molecule has 0 unspecified atom stereocenters.